The maximum absolute atomic E-state index is 12.9. The monoisotopic (exact) mass is 459 g/mol. The fourth-order valence-electron chi connectivity index (χ4n) is 3.02. The molecule has 0 aliphatic carbocycles. The standard InChI is InChI=1S/C21H16F3N5O2S/c1-11-3-4-14(18(30)27-20-29-26-10-32-20)8-17(11)13-5-6-16-15(7-13)9-25-28-19(16)31-12(2)21(22,23)24/h3-10,12H,1-2H3,(H,27,29,30)/t12-/m1/s1. The number of halogens is 3. The smallest absolute Gasteiger partial charge is 0.425 e. The van der Waals surface area contributed by atoms with E-state index in [-0.39, 0.29) is 11.8 Å². The number of rotatable bonds is 5. The van der Waals surface area contributed by atoms with Gasteiger partial charge in [0.1, 0.15) is 5.51 Å². The van der Waals surface area contributed by atoms with Gasteiger partial charge in [-0.15, -0.1) is 15.3 Å². The fraction of sp³-hybridized carbons (Fsp3) is 0.190. The van der Waals surface area contributed by atoms with E-state index in [1.54, 1.807) is 30.3 Å². The lowest BCUT2D eigenvalue weighted by Crippen LogP contribution is -2.31. The highest BCUT2D eigenvalue weighted by Gasteiger charge is 2.38. The van der Waals surface area contributed by atoms with Gasteiger partial charge in [-0.2, -0.15) is 18.3 Å². The molecule has 0 spiro atoms. The molecule has 1 amide bonds. The van der Waals surface area contributed by atoms with E-state index in [1.807, 2.05) is 13.0 Å². The van der Waals surface area contributed by atoms with E-state index >= 15 is 0 Å². The molecular weight excluding hydrogens is 443 g/mol. The summed E-state index contributed by atoms with van der Waals surface area (Å²) in [7, 11) is 0. The molecule has 0 unspecified atom stereocenters. The zero-order chi connectivity index (χ0) is 22.9. The van der Waals surface area contributed by atoms with Crippen molar-refractivity contribution < 1.29 is 22.7 Å². The molecule has 0 radical (unpaired) electrons. The SMILES string of the molecule is Cc1ccc(C(=O)Nc2nncs2)cc1-c1ccc2c(O[C@H](C)C(F)(F)F)nncc2c1. The second kappa shape index (κ2) is 8.50. The quantitative estimate of drug-likeness (QED) is 0.450. The third-order valence-electron chi connectivity index (χ3n) is 4.77. The number of hydrogen-bond donors (Lipinski definition) is 1. The van der Waals surface area contributed by atoms with Gasteiger partial charge in [-0.05, 0) is 54.8 Å². The predicted octanol–water partition coefficient (Wildman–Crippen LogP) is 5.04. The van der Waals surface area contributed by atoms with Crippen LogP contribution in [0.1, 0.15) is 22.8 Å². The summed E-state index contributed by atoms with van der Waals surface area (Å²) in [5.74, 6) is -0.521. The van der Waals surface area contributed by atoms with Crippen LogP contribution in [0, 0.1) is 6.92 Å². The Bertz CT molecular complexity index is 1280. The van der Waals surface area contributed by atoms with E-state index in [9.17, 15) is 18.0 Å². The second-order valence-electron chi connectivity index (χ2n) is 6.98. The fourth-order valence-corrected chi connectivity index (χ4v) is 3.46. The molecular formula is C21H16F3N5O2S. The molecule has 7 nitrogen and oxygen atoms in total. The molecule has 4 rings (SSSR count). The number of carbonyl (C=O) groups excluding carboxylic acids is 1. The largest absolute Gasteiger partial charge is 0.463 e. The van der Waals surface area contributed by atoms with Crippen LogP contribution in [-0.4, -0.2) is 38.6 Å². The first-order valence-corrected chi connectivity index (χ1v) is 10.3. The molecule has 1 atom stereocenters. The van der Waals surface area contributed by atoms with E-state index in [0.29, 0.717) is 21.5 Å². The lowest BCUT2D eigenvalue weighted by Gasteiger charge is -2.17. The number of aromatic nitrogens is 4. The first-order chi connectivity index (χ1) is 15.2. The van der Waals surface area contributed by atoms with Gasteiger partial charge in [0.25, 0.3) is 5.91 Å². The maximum Gasteiger partial charge on any atom is 0.425 e. The number of amides is 1. The molecule has 2 aromatic carbocycles. The normalized spacial score (nSPS) is 12.5. The Morgan fingerprint density at radius 3 is 2.66 bits per heavy atom. The third kappa shape index (κ3) is 4.52. The van der Waals surface area contributed by atoms with E-state index < -0.39 is 12.3 Å². The van der Waals surface area contributed by atoms with Gasteiger partial charge in [-0.1, -0.05) is 23.5 Å². The van der Waals surface area contributed by atoms with Crippen molar-refractivity contribution in [2.75, 3.05) is 5.32 Å². The minimum absolute atomic E-state index is 0.194. The Morgan fingerprint density at radius 1 is 1.12 bits per heavy atom. The third-order valence-corrected chi connectivity index (χ3v) is 5.37. The van der Waals surface area contributed by atoms with Gasteiger partial charge < -0.3 is 4.74 Å². The molecule has 0 fully saturated rings. The van der Waals surface area contributed by atoms with Gasteiger partial charge in [0.05, 0.1) is 6.20 Å². The summed E-state index contributed by atoms with van der Waals surface area (Å²) in [6.07, 6.45) is -5.09. The zero-order valence-electron chi connectivity index (χ0n) is 16.8. The van der Waals surface area contributed by atoms with Crippen molar-refractivity contribution in [3.05, 3.63) is 59.2 Å². The Hall–Kier alpha value is -3.60. The van der Waals surface area contributed by atoms with Crippen LogP contribution in [0.25, 0.3) is 21.9 Å². The second-order valence-corrected chi connectivity index (χ2v) is 7.81. The Kier molecular flexibility index (Phi) is 5.74. The van der Waals surface area contributed by atoms with Crippen molar-refractivity contribution in [1.82, 2.24) is 20.4 Å². The summed E-state index contributed by atoms with van der Waals surface area (Å²) in [4.78, 5) is 12.5. The van der Waals surface area contributed by atoms with Gasteiger partial charge in [-0.3, -0.25) is 10.1 Å². The average Bonchev–Trinajstić information content (AvgIpc) is 3.26. The van der Waals surface area contributed by atoms with Gasteiger partial charge in [-0.25, -0.2) is 0 Å². The molecule has 0 aliphatic rings. The highest BCUT2D eigenvalue weighted by atomic mass is 32.1. The van der Waals surface area contributed by atoms with Crippen LogP contribution in [0.5, 0.6) is 5.88 Å². The van der Waals surface area contributed by atoms with Crippen LogP contribution >= 0.6 is 11.3 Å². The zero-order valence-corrected chi connectivity index (χ0v) is 17.7. The molecule has 2 heterocycles. The summed E-state index contributed by atoms with van der Waals surface area (Å²) in [6, 6.07) is 10.4. The highest BCUT2D eigenvalue weighted by molar-refractivity contribution is 7.13. The van der Waals surface area contributed by atoms with Gasteiger partial charge >= 0.3 is 6.18 Å². The number of carbonyl (C=O) groups is 1. The number of fused-ring (bicyclic) bond motifs is 1. The summed E-state index contributed by atoms with van der Waals surface area (Å²) < 4.78 is 43.6. The molecule has 0 bridgehead atoms. The predicted molar refractivity (Wildman–Crippen MR) is 114 cm³/mol. The first-order valence-electron chi connectivity index (χ1n) is 9.40. The van der Waals surface area contributed by atoms with E-state index in [2.05, 4.69) is 25.7 Å². The van der Waals surface area contributed by atoms with Crippen LogP contribution in [0.4, 0.5) is 18.3 Å². The summed E-state index contributed by atoms with van der Waals surface area (Å²) >= 11 is 1.21. The van der Waals surface area contributed by atoms with Crippen molar-refractivity contribution in [1.29, 1.82) is 0 Å². The summed E-state index contributed by atoms with van der Waals surface area (Å²) in [5, 5.41) is 19.0. The first kappa shape index (κ1) is 21.6. The Labute approximate surface area is 184 Å². The molecule has 2 aromatic heterocycles. The topological polar surface area (TPSA) is 89.9 Å². The highest BCUT2D eigenvalue weighted by Crippen LogP contribution is 2.32. The van der Waals surface area contributed by atoms with Crippen molar-refractivity contribution in [2.24, 2.45) is 0 Å². The number of alkyl halides is 3. The van der Waals surface area contributed by atoms with Crippen molar-refractivity contribution in [3.8, 4) is 17.0 Å². The molecule has 0 saturated heterocycles. The number of hydrogen-bond acceptors (Lipinski definition) is 7. The van der Waals surface area contributed by atoms with Crippen LogP contribution in [0.3, 0.4) is 0 Å². The van der Waals surface area contributed by atoms with Gasteiger partial charge in [0.15, 0.2) is 6.10 Å². The van der Waals surface area contributed by atoms with Crippen molar-refractivity contribution in [3.63, 3.8) is 0 Å². The average molecular weight is 459 g/mol. The van der Waals surface area contributed by atoms with E-state index in [1.165, 1.54) is 23.0 Å². The van der Waals surface area contributed by atoms with Crippen LogP contribution in [0.2, 0.25) is 0 Å². The molecule has 0 aliphatic heterocycles. The lowest BCUT2D eigenvalue weighted by molar-refractivity contribution is -0.189. The van der Waals surface area contributed by atoms with Crippen LogP contribution < -0.4 is 10.1 Å². The van der Waals surface area contributed by atoms with E-state index in [4.69, 9.17) is 4.74 Å². The van der Waals surface area contributed by atoms with Gasteiger partial charge in [0.2, 0.25) is 11.0 Å². The molecule has 0 saturated carbocycles. The lowest BCUT2D eigenvalue weighted by atomic mass is 9.96. The molecule has 11 heteroatoms. The minimum Gasteiger partial charge on any atom is -0.463 e. The molecule has 1 N–H and O–H groups in total. The molecule has 4 aromatic rings. The Morgan fingerprint density at radius 2 is 1.94 bits per heavy atom. The number of anilines is 1. The number of nitrogens with one attached hydrogen (secondary N) is 1. The molecule has 164 valence electrons. The number of aryl methyl sites for hydroxylation is 1. The number of benzene rings is 2. The number of nitrogens with zero attached hydrogens (tertiary/aromatic N) is 4. The summed E-state index contributed by atoms with van der Waals surface area (Å²) in [6.45, 7) is 2.81. The van der Waals surface area contributed by atoms with Crippen LogP contribution in [-0.2, 0) is 0 Å². The van der Waals surface area contributed by atoms with Crippen molar-refractivity contribution >= 4 is 33.1 Å². The summed E-state index contributed by atoms with van der Waals surface area (Å²) in [5.41, 5.74) is 4.42. The van der Waals surface area contributed by atoms with Crippen molar-refractivity contribution in [2.45, 2.75) is 26.1 Å². The Balaban J connectivity index is 1.67. The van der Waals surface area contributed by atoms with Crippen LogP contribution in [0.15, 0.2) is 48.1 Å². The maximum atomic E-state index is 12.9. The minimum atomic E-state index is -4.52. The number of ether oxygens (including phenoxy) is 1. The molecule has 32 heavy (non-hydrogen) atoms. The van der Waals surface area contributed by atoms with Gasteiger partial charge in [0, 0.05) is 16.3 Å². The van der Waals surface area contributed by atoms with E-state index in [0.717, 1.165) is 23.6 Å².